The zero-order valence-electron chi connectivity index (χ0n) is 60.2. The van der Waals surface area contributed by atoms with Gasteiger partial charge in [0, 0.05) is 25.7 Å². The first-order valence-corrected chi connectivity index (χ1v) is 40.8. The monoisotopic (exact) mass is 1350 g/mol. The minimum Gasteiger partial charge on any atom is -0.462 e. The lowest BCUT2D eigenvalue weighted by molar-refractivity contribution is -0.161. The fraction of sp³-hybridized carbons (Fsp3) is 0.945. The number of unbranched alkanes of at least 4 members (excludes halogenated alkanes) is 34. The van der Waals surface area contributed by atoms with E-state index >= 15 is 0 Å². The van der Waals surface area contributed by atoms with Crippen LogP contribution in [0.25, 0.3) is 0 Å². The molecular weight excluding hydrogens is 1210 g/mol. The second-order valence-corrected chi connectivity index (χ2v) is 30.7. The molecule has 0 spiro atoms. The highest BCUT2D eigenvalue weighted by atomic mass is 31.2. The van der Waals surface area contributed by atoms with Crippen molar-refractivity contribution in [1.82, 2.24) is 0 Å². The van der Waals surface area contributed by atoms with Crippen LogP contribution in [0.5, 0.6) is 0 Å². The summed E-state index contributed by atoms with van der Waals surface area (Å²) in [6, 6.07) is 0. The highest BCUT2D eigenvalue weighted by Crippen LogP contribution is 2.45. The van der Waals surface area contributed by atoms with Gasteiger partial charge in [0.1, 0.15) is 19.3 Å². The number of hydrogen-bond acceptors (Lipinski definition) is 15. The summed E-state index contributed by atoms with van der Waals surface area (Å²) in [5.41, 5.74) is 0. The summed E-state index contributed by atoms with van der Waals surface area (Å²) in [5.74, 6) is 0.925. The smallest absolute Gasteiger partial charge is 0.462 e. The number of esters is 4. The molecule has 0 saturated carbocycles. The van der Waals surface area contributed by atoms with Crippen LogP contribution in [0.4, 0.5) is 0 Å². The van der Waals surface area contributed by atoms with Gasteiger partial charge in [0.2, 0.25) is 0 Å². The van der Waals surface area contributed by atoms with Crippen LogP contribution in [0.3, 0.4) is 0 Å². The first-order chi connectivity index (χ1) is 44.2. The van der Waals surface area contributed by atoms with Crippen molar-refractivity contribution in [1.29, 1.82) is 0 Å². The quantitative estimate of drug-likeness (QED) is 0.0222. The van der Waals surface area contributed by atoms with Crippen molar-refractivity contribution in [3.05, 3.63) is 0 Å². The molecule has 4 unspecified atom stereocenters. The van der Waals surface area contributed by atoms with Crippen LogP contribution in [-0.4, -0.2) is 96.7 Å². The number of carbonyl (C=O) groups excluding carboxylic acids is 4. The second kappa shape index (κ2) is 62.6. The summed E-state index contributed by atoms with van der Waals surface area (Å²) >= 11 is 0. The molecule has 0 aliphatic rings. The van der Waals surface area contributed by atoms with E-state index in [1.54, 1.807) is 0 Å². The Morgan fingerprint density at radius 1 is 0.304 bits per heavy atom. The van der Waals surface area contributed by atoms with Crippen molar-refractivity contribution >= 4 is 39.5 Å². The summed E-state index contributed by atoms with van der Waals surface area (Å²) in [5, 5.41) is 10.6. The van der Waals surface area contributed by atoms with Crippen LogP contribution in [0.1, 0.15) is 364 Å². The minimum atomic E-state index is -4.95. The summed E-state index contributed by atoms with van der Waals surface area (Å²) in [7, 11) is -9.91. The Morgan fingerprint density at radius 3 is 0.772 bits per heavy atom. The largest absolute Gasteiger partial charge is 0.472 e. The maximum Gasteiger partial charge on any atom is 0.472 e. The zero-order chi connectivity index (χ0) is 68.2. The number of phosphoric acid groups is 2. The van der Waals surface area contributed by atoms with E-state index in [2.05, 4.69) is 55.4 Å². The van der Waals surface area contributed by atoms with Crippen LogP contribution in [-0.2, 0) is 65.4 Å². The van der Waals surface area contributed by atoms with Crippen LogP contribution in [0.15, 0.2) is 0 Å². The molecular formula is C73H142O17P2. The maximum absolute atomic E-state index is 13.0. The molecule has 546 valence electrons. The molecule has 0 heterocycles. The van der Waals surface area contributed by atoms with Gasteiger partial charge in [-0.1, -0.05) is 312 Å². The summed E-state index contributed by atoms with van der Waals surface area (Å²) in [6.07, 6.45) is 45.9. The van der Waals surface area contributed by atoms with Crippen molar-refractivity contribution in [3.63, 3.8) is 0 Å². The minimum absolute atomic E-state index is 0.104. The molecule has 0 bridgehead atoms. The van der Waals surface area contributed by atoms with Crippen molar-refractivity contribution in [2.45, 2.75) is 382 Å². The second-order valence-electron chi connectivity index (χ2n) is 27.8. The Hall–Kier alpha value is -1.94. The molecule has 0 fully saturated rings. The highest BCUT2D eigenvalue weighted by molar-refractivity contribution is 7.47. The lowest BCUT2D eigenvalue weighted by atomic mass is 9.99. The van der Waals surface area contributed by atoms with Gasteiger partial charge in [0.05, 0.1) is 26.4 Å². The third kappa shape index (κ3) is 64.1. The Labute approximate surface area is 562 Å². The van der Waals surface area contributed by atoms with Gasteiger partial charge in [-0.3, -0.25) is 37.3 Å². The lowest BCUT2D eigenvalue weighted by Gasteiger charge is -2.21. The van der Waals surface area contributed by atoms with E-state index in [1.165, 1.54) is 161 Å². The Kier molecular flexibility index (Phi) is 61.3. The van der Waals surface area contributed by atoms with Gasteiger partial charge in [-0.25, -0.2) is 9.13 Å². The average molecular weight is 1350 g/mol. The van der Waals surface area contributed by atoms with E-state index < -0.39 is 97.5 Å². The number of aliphatic hydroxyl groups excluding tert-OH is 1. The van der Waals surface area contributed by atoms with E-state index in [0.717, 1.165) is 114 Å². The molecule has 92 heavy (non-hydrogen) atoms. The van der Waals surface area contributed by atoms with Gasteiger partial charge in [0.25, 0.3) is 0 Å². The van der Waals surface area contributed by atoms with E-state index in [4.69, 9.17) is 37.0 Å². The number of carbonyl (C=O) groups is 4. The standard InChI is InChI=1S/C73H142O17P2/c1-9-65(7)51-43-35-26-20-15-13-11-12-14-16-22-29-39-47-55-72(77)89-69(60-84-71(76)54-46-38-32-31-34-42-50-64(5)6)62-88-92(81,82)86-58-67(74)57-85-91(79,80)87-61-68(90-73(78)56-48-40-30-24-23-27-36-44-52-66(8)10-2)59-83-70(75)53-45-37-28-21-18-17-19-25-33-41-49-63(3)4/h63-69,74H,9-62H2,1-8H3,(H,79,80)(H,81,82)/t65?,66?,67-,68-,69-/m1/s1. The lowest BCUT2D eigenvalue weighted by Crippen LogP contribution is -2.30. The molecule has 0 aromatic carbocycles. The van der Waals surface area contributed by atoms with E-state index in [9.17, 15) is 43.2 Å². The molecule has 0 saturated heterocycles. The number of hydrogen-bond donors (Lipinski definition) is 3. The third-order valence-corrected chi connectivity index (χ3v) is 19.4. The van der Waals surface area contributed by atoms with E-state index in [1.807, 2.05) is 0 Å². The third-order valence-electron chi connectivity index (χ3n) is 17.5. The Morgan fingerprint density at radius 2 is 0.522 bits per heavy atom. The Bertz CT molecular complexity index is 1820. The van der Waals surface area contributed by atoms with Crippen LogP contribution >= 0.6 is 15.6 Å². The van der Waals surface area contributed by atoms with Gasteiger partial charge in [-0.05, 0) is 49.4 Å². The summed E-state index contributed by atoms with van der Waals surface area (Å²) < 4.78 is 68.4. The number of rotatable bonds is 70. The number of aliphatic hydroxyl groups is 1. The molecule has 0 aromatic heterocycles. The van der Waals surface area contributed by atoms with Gasteiger partial charge in [-0.15, -0.1) is 0 Å². The van der Waals surface area contributed by atoms with Crippen LogP contribution < -0.4 is 0 Å². The maximum atomic E-state index is 13.0. The first-order valence-electron chi connectivity index (χ1n) is 37.8. The SMILES string of the molecule is CCC(C)CCCCCCCCCCCCCCCCC(=O)O[C@H](COC(=O)CCCCCCCCC(C)C)COP(=O)(O)OC[C@H](O)COP(=O)(O)OC[C@@H](COC(=O)CCCCCCCCCCCCC(C)C)OC(=O)CCCCCCCCCCC(C)CC. The molecule has 0 aromatic rings. The number of ether oxygens (including phenoxy) is 4. The van der Waals surface area contributed by atoms with Gasteiger partial charge in [0.15, 0.2) is 12.2 Å². The molecule has 0 radical (unpaired) electrons. The molecule has 0 aliphatic heterocycles. The van der Waals surface area contributed by atoms with Crippen LogP contribution in [0.2, 0.25) is 0 Å². The van der Waals surface area contributed by atoms with Crippen molar-refractivity contribution in [2.75, 3.05) is 39.6 Å². The first kappa shape index (κ1) is 90.1. The molecule has 0 aliphatic carbocycles. The topological polar surface area (TPSA) is 237 Å². The number of phosphoric ester groups is 2. The average Bonchev–Trinajstić information content (AvgIpc) is 2.41. The summed E-state index contributed by atoms with van der Waals surface area (Å²) in [4.78, 5) is 72.6. The van der Waals surface area contributed by atoms with Crippen molar-refractivity contribution in [3.8, 4) is 0 Å². The normalized spacial score (nSPS) is 14.8. The fourth-order valence-electron chi connectivity index (χ4n) is 11.0. The zero-order valence-corrected chi connectivity index (χ0v) is 62.0. The van der Waals surface area contributed by atoms with Gasteiger partial charge in [-0.2, -0.15) is 0 Å². The predicted molar refractivity (Wildman–Crippen MR) is 372 cm³/mol. The fourth-order valence-corrected chi connectivity index (χ4v) is 12.5. The molecule has 19 heteroatoms. The van der Waals surface area contributed by atoms with Gasteiger partial charge < -0.3 is 33.8 Å². The molecule has 0 rings (SSSR count). The van der Waals surface area contributed by atoms with Crippen molar-refractivity contribution < 1.29 is 80.2 Å². The highest BCUT2D eigenvalue weighted by Gasteiger charge is 2.30. The molecule has 0 amide bonds. The summed E-state index contributed by atoms with van der Waals surface area (Å²) in [6.45, 7) is 14.1. The van der Waals surface area contributed by atoms with E-state index in [0.29, 0.717) is 31.6 Å². The Balaban J connectivity index is 5.22. The molecule has 3 N–H and O–H groups in total. The van der Waals surface area contributed by atoms with Crippen molar-refractivity contribution in [2.24, 2.45) is 23.7 Å². The molecule has 7 atom stereocenters. The van der Waals surface area contributed by atoms with E-state index in [-0.39, 0.29) is 25.7 Å². The predicted octanol–water partition coefficient (Wildman–Crippen LogP) is 20.9. The van der Waals surface area contributed by atoms with Gasteiger partial charge >= 0.3 is 39.5 Å². The molecule has 17 nitrogen and oxygen atoms in total. The van der Waals surface area contributed by atoms with Crippen LogP contribution in [0, 0.1) is 23.7 Å².